The Hall–Kier alpha value is 0.400. The molecule has 2 atom stereocenters. The van der Waals surface area contributed by atoms with E-state index in [9.17, 15) is 0 Å². The summed E-state index contributed by atoms with van der Waals surface area (Å²) in [6.07, 6.45) is 7.16. The number of hydrogen-bond donors (Lipinski definition) is 0. The quantitative estimate of drug-likeness (QED) is 0.732. The Morgan fingerprint density at radius 2 is 2.20 bits per heavy atom. The second-order valence-electron chi connectivity index (χ2n) is 4.88. The Bertz CT molecular complexity index is 182. The molecule has 2 unspecified atom stereocenters. The van der Waals surface area contributed by atoms with Crippen LogP contribution in [0.4, 0.5) is 0 Å². The second kappa shape index (κ2) is 6.21. The molecule has 88 valence electrons. The van der Waals surface area contributed by atoms with Crippen molar-refractivity contribution in [2.45, 2.75) is 38.2 Å². The minimum atomic E-state index is 0.529. The molecule has 3 heteroatoms. The smallest absolute Gasteiger partial charge is 0.0702 e. The van der Waals surface area contributed by atoms with Gasteiger partial charge in [-0.05, 0) is 44.6 Å². The summed E-state index contributed by atoms with van der Waals surface area (Å²) in [7, 11) is 0. The van der Waals surface area contributed by atoms with Gasteiger partial charge in [-0.3, -0.25) is 0 Å². The van der Waals surface area contributed by atoms with E-state index in [2.05, 4.69) is 20.8 Å². The molecule has 2 fully saturated rings. The highest BCUT2D eigenvalue weighted by molar-refractivity contribution is 9.09. The largest absolute Gasteiger partial charge is 0.377 e. The van der Waals surface area contributed by atoms with Gasteiger partial charge in [0.2, 0.25) is 0 Å². The first-order valence-corrected chi connectivity index (χ1v) is 7.40. The van der Waals surface area contributed by atoms with Crippen molar-refractivity contribution >= 4 is 15.9 Å². The lowest BCUT2D eigenvalue weighted by molar-refractivity contribution is -0.00237. The fourth-order valence-corrected chi connectivity index (χ4v) is 3.36. The molecule has 0 aliphatic carbocycles. The number of alkyl halides is 1. The molecule has 2 saturated heterocycles. The van der Waals surface area contributed by atoms with Crippen molar-refractivity contribution in [1.82, 2.24) is 4.90 Å². The van der Waals surface area contributed by atoms with E-state index in [4.69, 9.17) is 4.74 Å². The molecule has 0 bridgehead atoms. The third-order valence-corrected chi connectivity index (χ3v) is 4.08. The van der Waals surface area contributed by atoms with Crippen molar-refractivity contribution in [2.75, 3.05) is 31.6 Å². The van der Waals surface area contributed by atoms with Gasteiger partial charge >= 0.3 is 0 Å². The Balaban J connectivity index is 1.67. The number of hydrogen-bond acceptors (Lipinski definition) is 2. The Morgan fingerprint density at radius 3 is 2.93 bits per heavy atom. The molecule has 0 aromatic carbocycles. The molecule has 2 nitrogen and oxygen atoms in total. The van der Waals surface area contributed by atoms with Gasteiger partial charge in [0.25, 0.3) is 0 Å². The summed E-state index contributed by atoms with van der Waals surface area (Å²) < 4.78 is 5.78. The fourth-order valence-electron chi connectivity index (χ4n) is 2.71. The summed E-state index contributed by atoms with van der Waals surface area (Å²) in [6, 6.07) is 0. The second-order valence-corrected chi connectivity index (χ2v) is 5.67. The number of ether oxygens (including phenoxy) is 1. The summed E-state index contributed by atoms with van der Waals surface area (Å²) >= 11 is 3.53. The van der Waals surface area contributed by atoms with E-state index in [1.807, 2.05) is 0 Å². The average molecular weight is 276 g/mol. The van der Waals surface area contributed by atoms with Crippen LogP contribution in [0.5, 0.6) is 0 Å². The molecule has 0 saturated carbocycles. The van der Waals surface area contributed by atoms with Crippen molar-refractivity contribution in [2.24, 2.45) is 5.92 Å². The van der Waals surface area contributed by atoms with Crippen molar-refractivity contribution in [1.29, 1.82) is 0 Å². The van der Waals surface area contributed by atoms with Crippen LogP contribution in [0.15, 0.2) is 0 Å². The molecule has 15 heavy (non-hydrogen) atoms. The fraction of sp³-hybridized carbons (Fsp3) is 1.00. The minimum Gasteiger partial charge on any atom is -0.377 e. The Labute approximate surface area is 101 Å². The number of halogens is 1. The van der Waals surface area contributed by atoms with Crippen LogP contribution in [-0.2, 0) is 4.74 Å². The van der Waals surface area contributed by atoms with Crippen LogP contribution >= 0.6 is 15.9 Å². The maximum Gasteiger partial charge on any atom is 0.0702 e. The van der Waals surface area contributed by atoms with Crippen molar-refractivity contribution < 1.29 is 4.74 Å². The van der Waals surface area contributed by atoms with Crippen LogP contribution in [0.1, 0.15) is 32.1 Å². The minimum absolute atomic E-state index is 0.529. The van der Waals surface area contributed by atoms with Gasteiger partial charge in [0, 0.05) is 25.0 Å². The molecule has 2 aliphatic rings. The SMILES string of the molecule is BrCCC1CCN(CC2CCCCO2)C1. The van der Waals surface area contributed by atoms with Gasteiger partial charge < -0.3 is 9.64 Å². The lowest BCUT2D eigenvalue weighted by Crippen LogP contribution is -2.34. The van der Waals surface area contributed by atoms with Gasteiger partial charge in [-0.1, -0.05) is 15.9 Å². The van der Waals surface area contributed by atoms with Crippen LogP contribution < -0.4 is 0 Å². The highest BCUT2D eigenvalue weighted by Crippen LogP contribution is 2.22. The Kier molecular flexibility index (Phi) is 4.92. The van der Waals surface area contributed by atoms with Gasteiger partial charge in [0.15, 0.2) is 0 Å². The molecule has 0 amide bonds. The summed E-state index contributed by atoms with van der Waals surface area (Å²) in [5.41, 5.74) is 0. The predicted octanol–water partition coefficient (Wildman–Crippen LogP) is 2.66. The van der Waals surface area contributed by atoms with Gasteiger partial charge in [0.05, 0.1) is 6.10 Å². The summed E-state index contributed by atoms with van der Waals surface area (Å²) in [5.74, 6) is 0.924. The van der Waals surface area contributed by atoms with Crippen LogP contribution in [0.2, 0.25) is 0 Å². The molecule has 0 N–H and O–H groups in total. The zero-order chi connectivity index (χ0) is 10.5. The van der Waals surface area contributed by atoms with E-state index in [1.54, 1.807) is 0 Å². The molecular weight excluding hydrogens is 254 g/mol. The molecule has 2 rings (SSSR count). The van der Waals surface area contributed by atoms with Gasteiger partial charge in [0.1, 0.15) is 0 Å². The van der Waals surface area contributed by atoms with Crippen LogP contribution in [0, 0.1) is 5.92 Å². The maximum absolute atomic E-state index is 5.78. The standard InChI is InChI=1S/C12H22BrNO/c13-6-4-11-5-7-14(9-11)10-12-3-1-2-8-15-12/h11-12H,1-10H2. The lowest BCUT2D eigenvalue weighted by Gasteiger charge is -2.27. The Morgan fingerprint density at radius 1 is 1.27 bits per heavy atom. The monoisotopic (exact) mass is 275 g/mol. The average Bonchev–Trinajstić information content (AvgIpc) is 2.68. The molecule has 0 radical (unpaired) electrons. The number of nitrogens with zero attached hydrogens (tertiary/aromatic N) is 1. The lowest BCUT2D eigenvalue weighted by atomic mass is 10.1. The topological polar surface area (TPSA) is 12.5 Å². The van der Waals surface area contributed by atoms with Crippen LogP contribution in [0.3, 0.4) is 0 Å². The highest BCUT2D eigenvalue weighted by atomic mass is 79.9. The zero-order valence-corrected chi connectivity index (χ0v) is 11.0. The molecule has 2 aliphatic heterocycles. The molecular formula is C12H22BrNO. The van der Waals surface area contributed by atoms with Gasteiger partial charge in [-0.25, -0.2) is 0 Å². The van der Waals surface area contributed by atoms with E-state index in [0.29, 0.717) is 6.10 Å². The number of likely N-dealkylation sites (tertiary alicyclic amines) is 1. The third kappa shape index (κ3) is 3.72. The normalized spacial score (nSPS) is 33.4. The highest BCUT2D eigenvalue weighted by Gasteiger charge is 2.25. The van der Waals surface area contributed by atoms with Gasteiger partial charge in [-0.2, -0.15) is 0 Å². The summed E-state index contributed by atoms with van der Waals surface area (Å²) in [6.45, 7) is 4.76. The van der Waals surface area contributed by atoms with Crippen molar-refractivity contribution in [3.8, 4) is 0 Å². The predicted molar refractivity (Wildman–Crippen MR) is 66.5 cm³/mol. The first kappa shape index (κ1) is 11.9. The first-order chi connectivity index (χ1) is 7.38. The van der Waals surface area contributed by atoms with E-state index < -0.39 is 0 Å². The molecule has 0 aromatic rings. The van der Waals surface area contributed by atoms with Crippen LogP contribution in [-0.4, -0.2) is 42.6 Å². The van der Waals surface area contributed by atoms with E-state index >= 15 is 0 Å². The maximum atomic E-state index is 5.78. The molecule has 2 heterocycles. The number of rotatable bonds is 4. The van der Waals surface area contributed by atoms with Gasteiger partial charge in [-0.15, -0.1) is 0 Å². The van der Waals surface area contributed by atoms with Crippen molar-refractivity contribution in [3.63, 3.8) is 0 Å². The van der Waals surface area contributed by atoms with Crippen LogP contribution in [0.25, 0.3) is 0 Å². The zero-order valence-electron chi connectivity index (χ0n) is 9.46. The molecule has 0 aromatic heterocycles. The first-order valence-electron chi connectivity index (χ1n) is 6.28. The molecule has 0 spiro atoms. The van der Waals surface area contributed by atoms with E-state index in [0.717, 1.165) is 17.9 Å². The van der Waals surface area contributed by atoms with E-state index in [1.165, 1.54) is 51.7 Å². The van der Waals surface area contributed by atoms with E-state index in [-0.39, 0.29) is 0 Å². The third-order valence-electron chi connectivity index (χ3n) is 3.62. The summed E-state index contributed by atoms with van der Waals surface area (Å²) in [5, 5.41) is 1.16. The van der Waals surface area contributed by atoms with Crippen molar-refractivity contribution in [3.05, 3.63) is 0 Å². The summed E-state index contributed by atoms with van der Waals surface area (Å²) in [4.78, 5) is 2.60.